The maximum Gasteiger partial charge on any atom is 0.227 e. The van der Waals surface area contributed by atoms with E-state index in [1.165, 1.54) is 0 Å². The number of aliphatic hydroxyl groups is 2. The molecule has 2 aliphatic carbocycles. The molecule has 0 bridgehead atoms. The lowest BCUT2D eigenvalue weighted by Crippen LogP contribution is -2.50. The van der Waals surface area contributed by atoms with Crippen molar-refractivity contribution in [1.29, 1.82) is 0 Å². The van der Waals surface area contributed by atoms with E-state index in [4.69, 9.17) is 4.74 Å². The Morgan fingerprint density at radius 1 is 1.03 bits per heavy atom. The number of aliphatic hydroxyl groups excluding tert-OH is 2. The van der Waals surface area contributed by atoms with Gasteiger partial charge in [-0.1, -0.05) is 55.0 Å². The van der Waals surface area contributed by atoms with Gasteiger partial charge in [0.2, 0.25) is 5.91 Å². The van der Waals surface area contributed by atoms with E-state index < -0.39 is 18.3 Å². The van der Waals surface area contributed by atoms with E-state index in [0.29, 0.717) is 6.54 Å². The lowest BCUT2D eigenvalue weighted by atomic mass is 9.60. The van der Waals surface area contributed by atoms with Crippen LogP contribution in [0.2, 0.25) is 0 Å². The van der Waals surface area contributed by atoms with Crippen molar-refractivity contribution in [2.45, 2.75) is 57.5 Å². The van der Waals surface area contributed by atoms with Crippen LogP contribution in [-0.2, 0) is 14.3 Å². The molecule has 168 valence electrons. The van der Waals surface area contributed by atoms with Crippen LogP contribution >= 0.6 is 0 Å². The van der Waals surface area contributed by atoms with Crippen molar-refractivity contribution in [3.8, 4) is 0 Å². The van der Waals surface area contributed by atoms with Crippen LogP contribution in [0.4, 0.5) is 0 Å². The zero-order valence-electron chi connectivity index (χ0n) is 18.2. The van der Waals surface area contributed by atoms with Gasteiger partial charge in [-0.25, -0.2) is 0 Å². The number of hydrogen-bond acceptors (Lipinski definition) is 5. The van der Waals surface area contributed by atoms with Crippen molar-refractivity contribution in [2.75, 3.05) is 6.54 Å². The van der Waals surface area contributed by atoms with E-state index in [9.17, 15) is 19.8 Å². The zero-order valence-corrected chi connectivity index (χ0v) is 18.2. The van der Waals surface area contributed by atoms with Gasteiger partial charge in [-0.05, 0) is 12.8 Å². The molecule has 6 heteroatoms. The van der Waals surface area contributed by atoms with Gasteiger partial charge in [0.1, 0.15) is 5.78 Å². The Bertz CT molecular complexity index is 828. The van der Waals surface area contributed by atoms with Gasteiger partial charge in [0.05, 0.1) is 30.8 Å². The fraction of sp³-hybridized carbons (Fsp3) is 0.600. The van der Waals surface area contributed by atoms with Gasteiger partial charge in [-0.2, -0.15) is 0 Å². The molecule has 0 aromatic carbocycles. The topological polar surface area (TPSA) is 95.9 Å². The molecule has 1 amide bonds. The molecule has 9 atom stereocenters. The van der Waals surface area contributed by atoms with E-state index in [2.05, 4.69) is 30.5 Å². The molecule has 4 rings (SSSR count). The lowest BCUT2D eigenvalue weighted by Gasteiger charge is -2.44. The smallest absolute Gasteiger partial charge is 0.227 e. The number of carbonyl (C=O) groups is 2. The van der Waals surface area contributed by atoms with Gasteiger partial charge >= 0.3 is 0 Å². The highest BCUT2D eigenvalue weighted by Crippen LogP contribution is 2.53. The van der Waals surface area contributed by atoms with Gasteiger partial charge in [0.25, 0.3) is 0 Å². The monoisotopic (exact) mass is 427 g/mol. The number of ketones is 1. The van der Waals surface area contributed by atoms with Crippen LogP contribution in [0.25, 0.3) is 0 Å². The second-order valence-corrected chi connectivity index (χ2v) is 9.53. The van der Waals surface area contributed by atoms with Gasteiger partial charge in [-0.15, -0.1) is 0 Å². The van der Waals surface area contributed by atoms with Crippen molar-refractivity contribution in [2.24, 2.45) is 29.6 Å². The number of hydrogen-bond donors (Lipinski definition) is 3. The highest BCUT2D eigenvalue weighted by molar-refractivity contribution is 5.98. The SMILES string of the molecule is C/C1=C/C=C\C=C/[C@H](C)CNC(=O)CC(=O)C[C@@H]2O[C@@H]3[C@H]4[C@H](C=C[C@@H]1[C@@H]42)[C@H](O)C[C@@H]3O. The number of ether oxygens (including phenoxy) is 1. The summed E-state index contributed by atoms with van der Waals surface area (Å²) < 4.78 is 6.28. The van der Waals surface area contributed by atoms with Gasteiger partial charge in [0, 0.05) is 43.1 Å². The quantitative estimate of drug-likeness (QED) is 0.406. The predicted octanol–water partition coefficient (Wildman–Crippen LogP) is 2.09. The first-order valence-electron chi connectivity index (χ1n) is 11.3. The van der Waals surface area contributed by atoms with Crippen LogP contribution in [0, 0.1) is 29.6 Å². The molecule has 0 unspecified atom stereocenters. The van der Waals surface area contributed by atoms with Crippen LogP contribution in [0.5, 0.6) is 0 Å². The molecule has 1 saturated carbocycles. The molecular formula is C25H33NO5. The first kappa shape index (κ1) is 22.2. The highest BCUT2D eigenvalue weighted by Gasteiger charge is 2.58. The van der Waals surface area contributed by atoms with Crippen LogP contribution in [0.1, 0.15) is 33.1 Å². The van der Waals surface area contributed by atoms with E-state index >= 15 is 0 Å². The predicted molar refractivity (Wildman–Crippen MR) is 117 cm³/mol. The third-order valence-corrected chi connectivity index (χ3v) is 7.25. The minimum Gasteiger partial charge on any atom is -0.392 e. The Hall–Kier alpha value is -2.02. The van der Waals surface area contributed by atoms with Crippen molar-refractivity contribution >= 4 is 11.7 Å². The van der Waals surface area contributed by atoms with Crippen LogP contribution in [0.15, 0.2) is 48.1 Å². The molecule has 6 nitrogen and oxygen atoms in total. The summed E-state index contributed by atoms with van der Waals surface area (Å²) in [4.78, 5) is 25.0. The maximum absolute atomic E-state index is 12.7. The zero-order chi connectivity index (χ0) is 22.1. The Kier molecular flexibility index (Phi) is 6.60. The minimum atomic E-state index is -0.751. The van der Waals surface area contributed by atoms with Gasteiger partial charge in [-0.3, -0.25) is 9.59 Å². The average Bonchev–Trinajstić information content (AvgIpc) is 3.09. The molecule has 2 aliphatic heterocycles. The van der Waals surface area contributed by atoms with Crippen molar-refractivity contribution < 1.29 is 24.5 Å². The molecule has 2 heterocycles. The summed E-state index contributed by atoms with van der Waals surface area (Å²) in [5.74, 6) is -0.367. The van der Waals surface area contributed by atoms with E-state index in [0.717, 1.165) is 5.57 Å². The Labute approximate surface area is 183 Å². The number of amides is 1. The normalized spacial score (nSPS) is 47.1. The van der Waals surface area contributed by atoms with Crippen LogP contribution < -0.4 is 5.32 Å². The van der Waals surface area contributed by atoms with E-state index in [1.807, 2.05) is 31.2 Å². The fourth-order valence-electron chi connectivity index (χ4n) is 5.73. The molecule has 0 radical (unpaired) electrons. The van der Waals surface area contributed by atoms with E-state index in [-0.39, 0.29) is 66.6 Å². The highest BCUT2D eigenvalue weighted by atomic mass is 16.5. The second kappa shape index (κ2) is 9.23. The third kappa shape index (κ3) is 4.61. The number of carbonyl (C=O) groups excluding carboxylic acids is 2. The fourth-order valence-corrected chi connectivity index (χ4v) is 5.73. The number of nitrogens with one attached hydrogen (secondary N) is 1. The van der Waals surface area contributed by atoms with Crippen LogP contribution in [0.3, 0.4) is 0 Å². The summed E-state index contributed by atoms with van der Waals surface area (Å²) >= 11 is 0. The Morgan fingerprint density at radius 2 is 1.84 bits per heavy atom. The summed E-state index contributed by atoms with van der Waals surface area (Å²) in [5, 5.41) is 24.0. The average molecular weight is 428 g/mol. The third-order valence-electron chi connectivity index (χ3n) is 7.25. The maximum atomic E-state index is 12.7. The first-order valence-corrected chi connectivity index (χ1v) is 11.3. The summed E-state index contributed by atoms with van der Waals surface area (Å²) in [6.07, 6.45) is 12.4. The van der Waals surface area contributed by atoms with Crippen molar-refractivity contribution in [3.63, 3.8) is 0 Å². The van der Waals surface area contributed by atoms with Crippen molar-refractivity contribution in [3.05, 3.63) is 48.1 Å². The molecule has 3 N–H and O–H groups in total. The summed E-state index contributed by atoms with van der Waals surface area (Å²) in [6, 6.07) is 0. The summed E-state index contributed by atoms with van der Waals surface area (Å²) in [7, 11) is 0. The largest absolute Gasteiger partial charge is 0.392 e. The molecule has 0 aromatic rings. The second-order valence-electron chi connectivity index (χ2n) is 9.53. The molecule has 4 aliphatic rings. The Balaban J connectivity index is 1.68. The van der Waals surface area contributed by atoms with Gasteiger partial charge < -0.3 is 20.3 Å². The number of Topliss-reactive ketones (excluding diaryl/α,β-unsaturated/α-hetero) is 1. The Morgan fingerprint density at radius 3 is 2.65 bits per heavy atom. The van der Waals surface area contributed by atoms with Gasteiger partial charge in [0.15, 0.2) is 0 Å². The molecule has 0 spiro atoms. The molecule has 31 heavy (non-hydrogen) atoms. The molecule has 2 fully saturated rings. The summed E-state index contributed by atoms with van der Waals surface area (Å²) in [6.45, 7) is 4.57. The molecular weight excluding hydrogens is 394 g/mol. The molecule has 0 aromatic heterocycles. The van der Waals surface area contributed by atoms with E-state index in [1.54, 1.807) is 0 Å². The minimum absolute atomic E-state index is 0.0234. The first-order chi connectivity index (χ1) is 14.8. The lowest BCUT2D eigenvalue weighted by molar-refractivity contribution is -0.131. The number of rotatable bonds is 0. The van der Waals surface area contributed by atoms with Crippen LogP contribution in [-0.4, -0.2) is 52.9 Å². The van der Waals surface area contributed by atoms with Crippen molar-refractivity contribution in [1.82, 2.24) is 5.32 Å². The number of allylic oxidation sites excluding steroid dienone is 6. The standard InChI is InChI=1S/C25H33NO5/c1-14-6-4-3-5-7-15(2)17-8-9-18-19(28)12-20(29)25-24(18)23(17)21(31-25)10-16(27)11-22(30)26-13-14/h3-9,14,17-21,23-25,28-29H,10-13H2,1-2H3,(H,26,30)/b5-3-,6-4-,15-7-/t14-,17-,18+,19+,20-,21-,23+,24-,25-/m0/s1. The molecule has 1 saturated heterocycles. The summed E-state index contributed by atoms with van der Waals surface area (Å²) in [5.41, 5.74) is 1.15.